The zero-order chi connectivity index (χ0) is 18.9. The molecule has 26 heavy (non-hydrogen) atoms. The highest BCUT2D eigenvalue weighted by molar-refractivity contribution is 6.36. The SMILES string of the molecule is CCCOc1ccc(C=NNC(=O)c2ccc(Cl)cc2Cl)cc1OCC. The van der Waals surface area contributed by atoms with Gasteiger partial charge in [0.15, 0.2) is 11.5 Å². The summed E-state index contributed by atoms with van der Waals surface area (Å²) in [5.41, 5.74) is 3.50. The number of rotatable bonds is 8. The molecule has 0 aliphatic rings. The summed E-state index contributed by atoms with van der Waals surface area (Å²) in [4.78, 5) is 12.1. The van der Waals surface area contributed by atoms with Gasteiger partial charge >= 0.3 is 0 Å². The minimum Gasteiger partial charge on any atom is -0.490 e. The first-order valence-electron chi connectivity index (χ1n) is 8.23. The summed E-state index contributed by atoms with van der Waals surface area (Å²) in [5.74, 6) is 0.899. The van der Waals surface area contributed by atoms with Gasteiger partial charge in [0.05, 0.1) is 30.0 Å². The number of nitrogens with one attached hydrogen (secondary N) is 1. The number of nitrogens with zero attached hydrogens (tertiary/aromatic N) is 1. The normalized spacial score (nSPS) is 10.8. The van der Waals surface area contributed by atoms with Crippen molar-refractivity contribution in [1.82, 2.24) is 5.43 Å². The number of carbonyl (C=O) groups excluding carboxylic acids is 1. The summed E-state index contributed by atoms with van der Waals surface area (Å²) in [5, 5.41) is 4.69. The second-order valence-corrected chi connectivity index (χ2v) is 6.15. The molecule has 138 valence electrons. The van der Waals surface area contributed by atoms with E-state index in [1.54, 1.807) is 18.2 Å². The number of halogens is 2. The van der Waals surface area contributed by atoms with Crippen LogP contribution in [0.25, 0.3) is 0 Å². The Morgan fingerprint density at radius 3 is 2.62 bits per heavy atom. The molecular formula is C19H20Cl2N2O3. The van der Waals surface area contributed by atoms with E-state index in [9.17, 15) is 4.79 Å². The van der Waals surface area contributed by atoms with Crippen molar-refractivity contribution in [2.75, 3.05) is 13.2 Å². The number of carbonyl (C=O) groups is 1. The lowest BCUT2D eigenvalue weighted by atomic mass is 10.2. The average Bonchev–Trinajstić information content (AvgIpc) is 2.61. The summed E-state index contributed by atoms with van der Waals surface area (Å²) in [6.45, 7) is 5.08. The summed E-state index contributed by atoms with van der Waals surface area (Å²) in [6, 6.07) is 10.1. The number of hydrogen-bond acceptors (Lipinski definition) is 4. The molecular weight excluding hydrogens is 375 g/mol. The van der Waals surface area contributed by atoms with E-state index < -0.39 is 5.91 Å². The lowest BCUT2D eigenvalue weighted by Crippen LogP contribution is -2.18. The van der Waals surface area contributed by atoms with Gasteiger partial charge in [0, 0.05) is 5.02 Å². The first-order valence-corrected chi connectivity index (χ1v) is 8.98. The van der Waals surface area contributed by atoms with Crippen molar-refractivity contribution in [3.63, 3.8) is 0 Å². The van der Waals surface area contributed by atoms with E-state index >= 15 is 0 Å². The van der Waals surface area contributed by atoms with E-state index in [0.717, 1.165) is 12.0 Å². The van der Waals surface area contributed by atoms with Crippen LogP contribution in [-0.4, -0.2) is 25.3 Å². The maximum atomic E-state index is 12.1. The summed E-state index contributed by atoms with van der Waals surface area (Å²) < 4.78 is 11.2. The molecule has 0 saturated carbocycles. The molecule has 7 heteroatoms. The Bertz CT molecular complexity index is 794. The molecule has 5 nitrogen and oxygen atoms in total. The van der Waals surface area contributed by atoms with Gasteiger partial charge in [-0.3, -0.25) is 4.79 Å². The highest BCUT2D eigenvalue weighted by Crippen LogP contribution is 2.28. The summed E-state index contributed by atoms with van der Waals surface area (Å²) in [6.07, 6.45) is 2.43. The van der Waals surface area contributed by atoms with E-state index in [2.05, 4.69) is 10.5 Å². The quantitative estimate of drug-likeness (QED) is 0.509. The number of amides is 1. The number of hydrazone groups is 1. The Kier molecular flexibility index (Phi) is 7.75. The Morgan fingerprint density at radius 1 is 1.12 bits per heavy atom. The van der Waals surface area contributed by atoms with Gasteiger partial charge in [-0.2, -0.15) is 5.10 Å². The molecule has 0 bridgehead atoms. The fourth-order valence-corrected chi connectivity index (χ4v) is 2.60. The molecule has 0 saturated heterocycles. The maximum absolute atomic E-state index is 12.1. The summed E-state index contributed by atoms with van der Waals surface area (Å²) in [7, 11) is 0. The molecule has 2 rings (SSSR count). The van der Waals surface area contributed by atoms with E-state index in [1.807, 2.05) is 26.0 Å². The number of ether oxygens (including phenoxy) is 2. The molecule has 2 aromatic rings. The van der Waals surface area contributed by atoms with Crippen LogP contribution in [0.1, 0.15) is 36.2 Å². The fourth-order valence-electron chi connectivity index (χ4n) is 2.10. The van der Waals surface area contributed by atoms with Crippen LogP contribution >= 0.6 is 23.2 Å². The van der Waals surface area contributed by atoms with Crippen LogP contribution in [0.4, 0.5) is 0 Å². The second kappa shape index (κ2) is 10.0. The zero-order valence-corrected chi connectivity index (χ0v) is 16.1. The van der Waals surface area contributed by atoms with Crippen molar-refractivity contribution in [2.45, 2.75) is 20.3 Å². The van der Waals surface area contributed by atoms with Crippen LogP contribution in [0.15, 0.2) is 41.5 Å². The largest absolute Gasteiger partial charge is 0.490 e. The molecule has 0 atom stereocenters. The zero-order valence-electron chi connectivity index (χ0n) is 14.6. The fraction of sp³-hybridized carbons (Fsp3) is 0.263. The Balaban J connectivity index is 2.07. The van der Waals surface area contributed by atoms with E-state index in [0.29, 0.717) is 35.3 Å². The van der Waals surface area contributed by atoms with Gasteiger partial charge in [0.1, 0.15) is 0 Å². The average molecular weight is 395 g/mol. The van der Waals surface area contributed by atoms with Crippen molar-refractivity contribution in [3.05, 3.63) is 57.6 Å². The Labute approximate surface area is 162 Å². The molecule has 0 aromatic heterocycles. The van der Waals surface area contributed by atoms with Gasteiger partial charge in [0.2, 0.25) is 0 Å². The van der Waals surface area contributed by atoms with Crippen LogP contribution in [0.2, 0.25) is 10.0 Å². The molecule has 0 spiro atoms. The molecule has 0 heterocycles. The first-order chi connectivity index (χ1) is 12.5. The molecule has 0 aliphatic carbocycles. The Morgan fingerprint density at radius 2 is 1.92 bits per heavy atom. The second-order valence-electron chi connectivity index (χ2n) is 5.31. The molecule has 0 radical (unpaired) electrons. The van der Waals surface area contributed by atoms with Crippen LogP contribution < -0.4 is 14.9 Å². The third-order valence-corrected chi connectivity index (χ3v) is 3.83. The molecule has 1 amide bonds. The lowest BCUT2D eigenvalue weighted by molar-refractivity contribution is 0.0955. The highest BCUT2D eigenvalue weighted by atomic mass is 35.5. The molecule has 2 aromatic carbocycles. The number of benzene rings is 2. The van der Waals surface area contributed by atoms with Crippen LogP contribution in [-0.2, 0) is 0 Å². The van der Waals surface area contributed by atoms with Gasteiger partial charge in [-0.05, 0) is 55.3 Å². The third kappa shape index (κ3) is 5.64. The van der Waals surface area contributed by atoms with Gasteiger partial charge in [-0.1, -0.05) is 30.1 Å². The predicted octanol–water partition coefficient (Wildman–Crippen LogP) is 4.94. The van der Waals surface area contributed by atoms with Crippen LogP contribution in [0.5, 0.6) is 11.5 Å². The van der Waals surface area contributed by atoms with E-state index in [1.165, 1.54) is 12.3 Å². The monoisotopic (exact) mass is 394 g/mol. The molecule has 1 N–H and O–H groups in total. The van der Waals surface area contributed by atoms with E-state index in [-0.39, 0.29) is 5.02 Å². The number of hydrogen-bond donors (Lipinski definition) is 1. The maximum Gasteiger partial charge on any atom is 0.272 e. The highest BCUT2D eigenvalue weighted by Gasteiger charge is 2.10. The first kappa shape index (κ1) is 20.1. The standard InChI is InChI=1S/C19H20Cl2N2O3/c1-3-9-26-17-8-5-13(10-18(17)25-4-2)12-22-23-19(24)15-7-6-14(20)11-16(15)21/h5-8,10-12H,3-4,9H2,1-2H3,(H,23,24). The van der Waals surface area contributed by atoms with Gasteiger partial charge in [0.25, 0.3) is 5.91 Å². The van der Waals surface area contributed by atoms with Crippen molar-refractivity contribution < 1.29 is 14.3 Å². The minimum absolute atomic E-state index is 0.265. The minimum atomic E-state index is -0.421. The van der Waals surface area contributed by atoms with E-state index in [4.69, 9.17) is 32.7 Å². The molecule has 0 aliphatic heterocycles. The topological polar surface area (TPSA) is 59.9 Å². The van der Waals surface area contributed by atoms with Crippen molar-refractivity contribution in [2.24, 2.45) is 5.10 Å². The van der Waals surface area contributed by atoms with Gasteiger partial charge in [-0.25, -0.2) is 5.43 Å². The third-order valence-electron chi connectivity index (χ3n) is 3.28. The van der Waals surface area contributed by atoms with Gasteiger partial charge in [-0.15, -0.1) is 0 Å². The smallest absolute Gasteiger partial charge is 0.272 e. The van der Waals surface area contributed by atoms with Crippen molar-refractivity contribution in [1.29, 1.82) is 0 Å². The van der Waals surface area contributed by atoms with Crippen LogP contribution in [0, 0.1) is 0 Å². The molecule has 0 unspecified atom stereocenters. The van der Waals surface area contributed by atoms with Crippen molar-refractivity contribution in [3.8, 4) is 11.5 Å². The van der Waals surface area contributed by atoms with Crippen LogP contribution in [0.3, 0.4) is 0 Å². The lowest BCUT2D eigenvalue weighted by Gasteiger charge is -2.11. The molecule has 0 fully saturated rings. The summed E-state index contributed by atoms with van der Waals surface area (Å²) >= 11 is 11.8. The van der Waals surface area contributed by atoms with Crippen molar-refractivity contribution >= 4 is 35.3 Å². The predicted molar refractivity (Wildman–Crippen MR) is 105 cm³/mol. The van der Waals surface area contributed by atoms with Gasteiger partial charge < -0.3 is 9.47 Å². The Hall–Kier alpha value is -2.24.